The number of halogens is 2. The average molecular weight is 502 g/mol. The Morgan fingerprint density at radius 1 is 1.17 bits per heavy atom. The largest absolute Gasteiger partial charge is 0.374 e. The highest BCUT2D eigenvalue weighted by atomic mass is 32.2. The first-order valence-corrected chi connectivity index (χ1v) is 12.5. The predicted molar refractivity (Wildman–Crippen MR) is 129 cm³/mol. The number of hydrogen-bond acceptors (Lipinski definition) is 6. The molecule has 1 aliphatic heterocycles. The molecule has 1 aliphatic rings. The van der Waals surface area contributed by atoms with Gasteiger partial charge in [-0.05, 0) is 50.1 Å². The summed E-state index contributed by atoms with van der Waals surface area (Å²) in [6.45, 7) is 5.64. The fourth-order valence-corrected chi connectivity index (χ4v) is 4.31. The molecule has 3 aromatic rings. The molecule has 2 aromatic carbocycles. The molecule has 0 saturated heterocycles. The summed E-state index contributed by atoms with van der Waals surface area (Å²) in [5, 5.41) is 16.1. The van der Waals surface area contributed by atoms with Crippen molar-refractivity contribution in [2.24, 2.45) is 0 Å². The number of anilines is 2. The number of hydrogen-bond donors (Lipinski definition) is 3. The summed E-state index contributed by atoms with van der Waals surface area (Å²) in [7, 11) is -1.66. The quantitative estimate of drug-likeness (QED) is 0.350. The summed E-state index contributed by atoms with van der Waals surface area (Å²) < 4.78 is 41.8. The SMILES string of the molecule is Cc1ccc(C(O)NC(C)C)cc1-c1nc(S(C)=O)nc2c1CNC(=O)N2c1c(F)cccc1F. The van der Waals surface area contributed by atoms with E-state index in [1.165, 1.54) is 12.3 Å². The van der Waals surface area contributed by atoms with Crippen molar-refractivity contribution >= 4 is 28.3 Å². The van der Waals surface area contributed by atoms with Gasteiger partial charge in [0.15, 0.2) is 5.82 Å². The van der Waals surface area contributed by atoms with Crippen LogP contribution in [0, 0.1) is 18.6 Å². The number of amides is 2. The lowest BCUT2D eigenvalue weighted by Gasteiger charge is -2.31. The number of carbonyl (C=O) groups excluding carboxylic acids is 1. The second kappa shape index (κ2) is 9.76. The molecule has 0 spiro atoms. The highest BCUT2D eigenvalue weighted by Gasteiger charge is 2.34. The monoisotopic (exact) mass is 501 g/mol. The molecule has 35 heavy (non-hydrogen) atoms. The molecule has 184 valence electrons. The number of nitrogens with one attached hydrogen (secondary N) is 2. The summed E-state index contributed by atoms with van der Waals surface area (Å²) in [4.78, 5) is 22.4. The number of aliphatic hydroxyl groups excluding tert-OH is 1. The lowest BCUT2D eigenvalue weighted by molar-refractivity contribution is 0.129. The van der Waals surface area contributed by atoms with Gasteiger partial charge in [-0.25, -0.2) is 28.4 Å². The van der Waals surface area contributed by atoms with Gasteiger partial charge in [-0.15, -0.1) is 0 Å². The van der Waals surface area contributed by atoms with E-state index in [0.717, 1.165) is 22.6 Å². The smallest absolute Gasteiger partial charge is 0.328 e. The van der Waals surface area contributed by atoms with Crippen molar-refractivity contribution in [2.45, 2.75) is 44.7 Å². The zero-order chi connectivity index (χ0) is 25.4. The van der Waals surface area contributed by atoms with Crippen LogP contribution in [-0.2, 0) is 17.3 Å². The van der Waals surface area contributed by atoms with Crippen LogP contribution in [0.1, 0.15) is 36.8 Å². The van der Waals surface area contributed by atoms with Crippen LogP contribution in [0.25, 0.3) is 11.3 Å². The van der Waals surface area contributed by atoms with Crippen LogP contribution in [0.4, 0.5) is 25.1 Å². The Kier molecular flexibility index (Phi) is 6.93. The molecule has 2 heterocycles. The number of aryl methyl sites for hydroxylation is 1. The second-order valence-corrected chi connectivity index (χ2v) is 9.75. The third-order valence-electron chi connectivity index (χ3n) is 5.54. The van der Waals surface area contributed by atoms with Crippen LogP contribution < -0.4 is 15.5 Å². The lowest BCUT2D eigenvalue weighted by Crippen LogP contribution is -2.43. The van der Waals surface area contributed by atoms with Crippen LogP contribution in [-0.4, -0.2) is 37.6 Å². The molecule has 0 radical (unpaired) electrons. The average Bonchev–Trinajstić information content (AvgIpc) is 2.79. The predicted octanol–water partition coefficient (Wildman–Crippen LogP) is 3.82. The third-order valence-corrected chi connectivity index (χ3v) is 6.23. The third kappa shape index (κ3) is 4.79. The van der Waals surface area contributed by atoms with Crippen molar-refractivity contribution in [3.63, 3.8) is 0 Å². The molecule has 0 saturated carbocycles. The van der Waals surface area contributed by atoms with Gasteiger partial charge in [0.25, 0.3) is 0 Å². The molecule has 2 unspecified atom stereocenters. The van der Waals surface area contributed by atoms with Gasteiger partial charge >= 0.3 is 6.03 Å². The number of para-hydroxylation sites is 1. The molecule has 2 atom stereocenters. The molecular weight excluding hydrogens is 476 g/mol. The van der Waals surface area contributed by atoms with Gasteiger partial charge in [0.2, 0.25) is 5.16 Å². The van der Waals surface area contributed by atoms with E-state index in [-0.39, 0.29) is 23.6 Å². The van der Waals surface area contributed by atoms with E-state index in [1.807, 2.05) is 26.8 Å². The Morgan fingerprint density at radius 2 is 1.86 bits per heavy atom. The van der Waals surface area contributed by atoms with E-state index in [9.17, 15) is 22.9 Å². The van der Waals surface area contributed by atoms with Crippen molar-refractivity contribution < 1.29 is 22.9 Å². The maximum absolute atomic E-state index is 14.7. The van der Waals surface area contributed by atoms with E-state index in [0.29, 0.717) is 22.4 Å². The molecule has 0 bridgehead atoms. The first kappa shape index (κ1) is 24.8. The molecule has 3 N–H and O–H groups in total. The second-order valence-electron chi connectivity index (χ2n) is 8.47. The van der Waals surface area contributed by atoms with E-state index >= 15 is 0 Å². The van der Waals surface area contributed by atoms with Gasteiger partial charge in [-0.2, -0.15) is 0 Å². The molecule has 11 heteroatoms. The van der Waals surface area contributed by atoms with Crippen molar-refractivity contribution in [1.29, 1.82) is 0 Å². The lowest BCUT2D eigenvalue weighted by atomic mass is 9.97. The molecule has 1 aromatic heterocycles. The van der Waals surface area contributed by atoms with E-state index in [2.05, 4.69) is 20.6 Å². The van der Waals surface area contributed by atoms with Crippen LogP contribution in [0.5, 0.6) is 0 Å². The zero-order valence-electron chi connectivity index (χ0n) is 19.6. The Morgan fingerprint density at radius 3 is 2.49 bits per heavy atom. The fourth-order valence-electron chi connectivity index (χ4n) is 3.88. The van der Waals surface area contributed by atoms with Gasteiger partial charge in [0.05, 0.1) is 23.0 Å². The minimum absolute atomic E-state index is 0.0107. The van der Waals surface area contributed by atoms with Gasteiger partial charge in [-0.3, -0.25) is 9.53 Å². The normalized spacial score (nSPS) is 15.1. The van der Waals surface area contributed by atoms with Gasteiger partial charge in [0, 0.05) is 23.4 Å². The van der Waals surface area contributed by atoms with Gasteiger partial charge in [0.1, 0.15) is 23.5 Å². The molecule has 4 rings (SSSR count). The summed E-state index contributed by atoms with van der Waals surface area (Å²) in [5.41, 5.74) is 2.11. The highest BCUT2D eigenvalue weighted by molar-refractivity contribution is 7.84. The van der Waals surface area contributed by atoms with Crippen molar-refractivity contribution in [3.05, 3.63) is 64.7 Å². The molecule has 8 nitrogen and oxygen atoms in total. The Labute approximate surface area is 203 Å². The van der Waals surface area contributed by atoms with Crippen LogP contribution in [0.3, 0.4) is 0 Å². The van der Waals surface area contributed by atoms with Gasteiger partial charge in [-0.1, -0.05) is 18.2 Å². The van der Waals surface area contributed by atoms with Crippen molar-refractivity contribution in [2.75, 3.05) is 11.2 Å². The molecule has 0 aliphatic carbocycles. The molecule has 2 amide bonds. The molecule has 0 fully saturated rings. The van der Waals surface area contributed by atoms with Crippen LogP contribution in [0.15, 0.2) is 41.6 Å². The highest BCUT2D eigenvalue weighted by Crippen LogP contribution is 2.39. The first-order valence-electron chi connectivity index (χ1n) is 10.9. The fraction of sp³-hybridized carbons (Fsp3) is 0.292. The number of urea groups is 1. The number of aromatic nitrogens is 2. The Balaban J connectivity index is 1.97. The maximum atomic E-state index is 14.7. The minimum Gasteiger partial charge on any atom is -0.374 e. The number of rotatable bonds is 6. The van der Waals surface area contributed by atoms with Crippen molar-refractivity contribution in [1.82, 2.24) is 20.6 Å². The summed E-state index contributed by atoms with van der Waals surface area (Å²) in [5.74, 6) is -1.96. The molecular formula is C24H25F2N5O3S. The topological polar surface area (TPSA) is 107 Å². The Hall–Kier alpha value is -3.28. The van der Waals surface area contributed by atoms with Crippen molar-refractivity contribution in [3.8, 4) is 11.3 Å². The minimum atomic E-state index is -1.66. The number of fused-ring (bicyclic) bond motifs is 1. The summed E-state index contributed by atoms with van der Waals surface area (Å²) >= 11 is 0. The number of aliphatic hydroxyl groups is 1. The number of benzene rings is 2. The van der Waals surface area contributed by atoms with E-state index < -0.39 is 40.4 Å². The van der Waals surface area contributed by atoms with Crippen LogP contribution in [0.2, 0.25) is 0 Å². The number of nitrogens with zero attached hydrogens (tertiary/aromatic N) is 3. The standard InChI is InChI=1S/C24H25F2N5O3S/c1-12(2)28-22(32)14-9-8-13(3)15(10-14)19-16-11-27-24(33)31(20-17(25)6-5-7-18(20)26)21(16)30-23(29-19)35(4)34/h5-10,12,22,28,32H,11H2,1-4H3,(H,27,33). The zero-order valence-corrected chi connectivity index (χ0v) is 20.4. The van der Waals surface area contributed by atoms with Gasteiger partial charge < -0.3 is 10.4 Å². The Bertz CT molecular complexity index is 1310. The number of carbonyl (C=O) groups is 1. The summed E-state index contributed by atoms with van der Waals surface area (Å²) in [6.07, 6.45) is 0.428. The maximum Gasteiger partial charge on any atom is 0.328 e. The van der Waals surface area contributed by atoms with Crippen LogP contribution >= 0.6 is 0 Å². The first-order chi connectivity index (χ1) is 16.6. The van der Waals surface area contributed by atoms with E-state index in [4.69, 9.17) is 0 Å². The van der Waals surface area contributed by atoms with E-state index in [1.54, 1.807) is 12.1 Å². The summed E-state index contributed by atoms with van der Waals surface area (Å²) in [6, 6.07) is 7.84.